The summed E-state index contributed by atoms with van der Waals surface area (Å²) in [6.45, 7) is 7.38. The fourth-order valence-corrected chi connectivity index (χ4v) is 4.49. The molecular weight excluding hydrogens is 277 g/mol. The Morgan fingerprint density at radius 1 is 1.05 bits per heavy atom. The minimum atomic E-state index is -2.31. The molecule has 0 unspecified atom stereocenters. The van der Waals surface area contributed by atoms with Crippen LogP contribution in [0.2, 0.25) is 0 Å². The summed E-state index contributed by atoms with van der Waals surface area (Å²) in [4.78, 5) is 2.37. The Hall–Kier alpha value is -0.120. The quantitative estimate of drug-likeness (QED) is 0.587. The minimum Gasteiger partial charge on any atom is -0.487 e. The van der Waals surface area contributed by atoms with Crippen molar-refractivity contribution in [3.05, 3.63) is 30.3 Å². The van der Waals surface area contributed by atoms with Crippen LogP contribution in [0.5, 0.6) is 0 Å². The van der Waals surface area contributed by atoms with Gasteiger partial charge in [0.15, 0.2) is 6.92 Å². The Morgan fingerprint density at radius 2 is 1.58 bits per heavy atom. The molecule has 1 fully saturated rings. The van der Waals surface area contributed by atoms with Crippen molar-refractivity contribution in [2.45, 2.75) is 26.3 Å². The molecule has 106 valence electrons. The minimum absolute atomic E-state index is 0.138. The first-order valence-electron chi connectivity index (χ1n) is 6.62. The second kappa shape index (κ2) is 6.11. The fourth-order valence-electron chi connectivity index (χ4n) is 2.12. The molecule has 0 aromatic heterocycles. The average molecular weight is 299 g/mol. The van der Waals surface area contributed by atoms with E-state index in [1.165, 1.54) is 0 Å². The molecule has 0 amide bonds. The number of nitrogens with zero attached hydrogens (tertiary/aromatic N) is 1. The topological polar surface area (TPSA) is 21.7 Å². The summed E-state index contributed by atoms with van der Waals surface area (Å²) in [6.07, 6.45) is 0. The lowest BCUT2D eigenvalue weighted by atomic mass is 10.1. The zero-order valence-corrected chi connectivity index (χ0v) is 13.5. The van der Waals surface area contributed by atoms with Crippen molar-refractivity contribution in [3.63, 3.8) is 0 Å². The average Bonchev–Trinajstić information content (AvgIpc) is 2.33. The number of hydrogen-bond donors (Lipinski definition) is 0. The lowest BCUT2D eigenvalue weighted by molar-refractivity contribution is 0.0743. The van der Waals surface area contributed by atoms with E-state index < -0.39 is 6.92 Å². The Kier molecular flexibility index (Phi) is 4.91. The normalized spacial score (nSPS) is 21.7. The summed E-state index contributed by atoms with van der Waals surface area (Å²) in [7, 11) is 0. The van der Waals surface area contributed by atoms with Gasteiger partial charge in [-0.05, 0) is 32.9 Å². The van der Waals surface area contributed by atoms with E-state index in [1.807, 2.05) is 30.3 Å². The van der Waals surface area contributed by atoms with Gasteiger partial charge >= 0.3 is 0 Å². The van der Waals surface area contributed by atoms with Gasteiger partial charge in [-0.3, -0.25) is 4.90 Å². The van der Waals surface area contributed by atoms with Gasteiger partial charge in [-0.15, -0.1) is 0 Å². The summed E-state index contributed by atoms with van der Waals surface area (Å²) in [6, 6.07) is 9.96. The maximum Gasteiger partial charge on any atom is 0.192 e. The van der Waals surface area contributed by atoms with Crippen LogP contribution in [0.25, 0.3) is 0 Å². The molecule has 0 aliphatic carbocycles. The highest BCUT2D eigenvalue weighted by atomic mass is 32.7. The highest BCUT2D eigenvalue weighted by Crippen LogP contribution is 2.57. The van der Waals surface area contributed by atoms with Crippen LogP contribution in [-0.2, 0) is 21.3 Å². The van der Waals surface area contributed by atoms with Crippen LogP contribution < -0.4 is 5.30 Å². The van der Waals surface area contributed by atoms with Gasteiger partial charge in [-0.25, -0.2) is 9.05 Å². The molecule has 1 aliphatic heterocycles. The monoisotopic (exact) mass is 299 g/mol. The molecule has 1 aromatic carbocycles. The molecule has 0 spiro atoms. The molecular formula is C14H22NO2PS. The van der Waals surface area contributed by atoms with E-state index in [2.05, 4.69) is 25.7 Å². The van der Waals surface area contributed by atoms with Gasteiger partial charge in [0.1, 0.15) is 18.5 Å². The zero-order chi connectivity index (χ0) is 13.9. The Morgan fingerprint density at radius 3 is 2.05 bits per heavy atom. The van der Waals surface area contributed by atoms with Gasteiger partial charge in [0.2, 0.25) is 0 Å². The Bertz CT molecular complexity index is 398. The molecule has 0 atom stereocenters. The van der Waals surface area contributed by atoms with Crippen molar-refractivity contribution in [3.8, 4) is 0 Å². The van der Waals surface area contributed by atoms with Gasteiger partial charge < -0.3 is 12.2 Å². The highest BCUT2D eigenvalue weighted by Gasteiger charge is 2.34. The lowest BCUT2D eigenvalue weighted by Gasteiger charge is -2.39. The number of rotatable bonds is 1. The standard InChI is InChI=1S/C14H22NO2PS/c1-14(2,3)15-9-11-16-18(19,17-12-10-15)13-7-5-4-6-8-13/h4-8H,9-12H2,1-3H3. The molecule has 19 heavy (non-hydrogen) atoms. The third-order valence-electron chi connectivity index (χ3n) is 3.27. The Labute approximate surface area is 121 Å². The zero-order valence-electron chi connectivity index (χ0n) is 11.8. The van der Waals surface area contributed by atoms with Crippen LogP contribution in [0.15, 0.2) is 30.3 Å². The number of hydrogen-bond acceptors (Lipinski definition) is 4. The molecule has 0 bridgehead atoms. The maximum absolute atomic E-state index is 5.94. The van der Waals surface area contributed by atoms with Crippen molar-refractivity contribution < 1.29 is 9.05 Å². The van der Waals surface area contributed by atoms with Gasteiger partial charge in [-0.1, -0.05) is 18.2 Å². The van der Waals surface area contributed by atoms with Crippen LogP contribution in [0.4, 0.5) is 0 Å². The highest BCUT2D eigenvalue weighted by molar-refractivity contribution is 8.41. The number of benzene rings is 1. The van der Waals surface area contributed by atoms with Gasteiger partial charge in [-0.2, -0.15) is 0 Å². The van der Waals surface area contributed by atoms with Crippen LogP contribution in [0, 0.1) is 0 Å². The smallest absolute Gasteiger partial charge is 0.192 e. The lowest BCUT2D eigenvalue weighted by Crippen LogP contribution is -2.46. The Balaban J connectivity index is 2.05. The van der Waals surface area contributed by atoms with Crippen LogP contribution in [-0.4, -0.2) is 36.7 Å². The summed E-state index contributed by atoms with van der Waals surface area (Å²) >= 11 is 5.65. The van der Waals surface area contributed by atoms with Crippen molar-refractivity contribution >= 4 is 24.5 Å². The molecule has 2 rings (SSSR count). The molecule has 1 aliphatic rings. The fraction of sp³-hybridized carbons (Fsp3) is 0.571. The molecule has 1 aromatic rings. The van der Waals surface area contributed by atoms with Crippen molar-refractivity contribution in [2.24, 2.45) is 0 Å². The van der Waals surface area contributed by atoms with Crippen LogP contribution >= 0.6 is 6.92 Å². The second-order valence-corrected chi connectivity index (χ2v) is 9.13. The summed E-state index contributed by atoms with van der Waals surface area (Å²) in [5.41, 5.74) is 0.138. The van der Waals surface area contributed by atoms with E-state index in [9.17, 15) is 0 Å². The largest absolute Gasteiger partial charge is 0.487 e. The third-order valence-corrected chi connectivity index (χ3v) is 6.51. The first kappa shape index (κ1) is 15.3. The van der Waals surface area contributed by atoms with Gasteiger partial charge in [0.25, 0.3) is 0 Å². The van der Waals surface area contributed by atoms with Gasteiger partial charge in [0, 0.05) is 18.6 Å². The predicted molar refractivity (Wildman–Crippen MR) is 83.6 cm³/mol. The van der Waals surface area contributed by atoms with Crippen molar-refractivity contribution in [1.29, 1.82) is 0 Å². The van der Waals surface area contributed by atoms with Crippen molar-refractivity contribution in [1.82, 2.24) is 4.90 Å². The molecule has 1 saturated heterocycles. The molecule has 0 saturated carbocycles. The van der Waals surface area contributed by atoms with Crippen LogP contribution in [0.3, 0.4) is 0 Å². The van der Waals surface area contributed by atoms with E-state index in [4.69, 9.17) is 21.3 Å². The molecule has 5 heteroatoms. The maximum atomic E-state index is 5.94. The second-order valence-electron chi connectivity index (χ2n) is 5.66. The van der Waals surface area contributed by atoms with Crippen molar-refractivity contribution in [2.75, 3.05) is 26.3 Å². The SMILES string of the molecule is CC(C)(C)N1CCO[P+]([S-])(c2ccccc2)OCC1. The summed E-state index contributed by atoms with van der Waals surface area (Å²) in [5, 5.41) is 1.01. The summed E-state index contributed by atoms with van der Waals surface area (Å²) in [5.74, 6) is 0. The van der Waals surface area contributed by atoms with E-state index in [0.29, 0.717) is 13.2 Å². The molecule has 1 heterocycles. The predicted octanol–water partition coefficient (Wildman–Crippen LogP) is 2.77. The van der Waals surface area contributed by atoms with E-state index in [1.54, 1.807) is 0 Å². The molecule has 0 radical (unpaired) electrons. The van der Waals surface area contributed by atoms with Gasteiger partial charge in [0.05, 0.1) is 0 Å². The van der Waals surface area contributed by atoms with E-state index >= 15 is 0 Å². The first-order chi connectivity index (χ1) is 8.92. The first-order valence-corrected chi connectivity index (χ1v) is 9.25. The van der Waals surface area contributed by atoms with E-state index in [0.717, 1.165) is 18.4 Å². The molecule has 0 N–H and O–H groups in total. The summed E-state index contributed by atoms with van der Waals surface area (Å²) < 4.78 is 11.9. The van der Waals surface area contributed by atoms with Crippen LogP contribution in [0.1, 0.15) is 20.8 Å². The van der Waals surface area contributed by atoms with E-state index in [-0.39, 0.29) is 5.54 Å². The molecule has 3 nitrogen and oxygen atoms in total. The third kappa shape index (κ3) is 3.93.